The van der Waals surface area contributed by atoms with Gasteiger partial charge in [-0.25, -0.2) is 0 Å². The minimum absolute atomic E-state index is 0.0742. The lowest BCUT2D eigenvalue weighted by atomic mass is 10.3. The summed E-state index contributed by atoms with van der Waals surface area (Å²) in [6, 6.07) is 5.95. The highest BCUT2D eigenvalue weighted by Crippen LogP contribution is 2.25. The first-order chi connectivity index (χ1) is 10.5. The van der Waals surface area contributed by atoms with E-state index in [1.54, 1.807) is 23.1 Å². The van der Waals surface area contributed by atoms with Crippen LogP contribution in [0.25, 0.3) is 0 Å². The lowest BCUT2D eigenvalue weighted by Crippen LogP contribution is -2.40. The fourth-order valence-electron chi connectivity index (χ4n) is 2.16. The second-order valence-corrected chi connectivity index (χ2v) is 5.06. The molecular formula is C15H18N2O5. The van der Waals surface area contributed by atoms with E-state index in [9.17, 15) is 14.4 Å². The van der Waals surface area contributed by atoms with Gasteiger partial charge in [-0.05, 0) is 25.5 Å². The Hall–Kier alpha value is -2.57. The van der Waals surface area contributed by atoms with E-state index in [4.69, 9.17) is 9.84 Å². The molecule has 7 heteroatoms. The third kappa shape index (κ3) is 3.97. The Morgan fingerprint density at radius 1 is 1.45 bits per heavy atom. The Morgan fingerprint density at radius 2 is 2.23 bits per heavy atom. The van der Waals surface area contributed by atoms with E-state index in [0.717, 1.165) is 12.1 Å². The number of carbonyl (C=O) groups excluding carboxylic acids is 2. The number of carbonyl (C=O) groups is 3. The molecule has 1 aliphatic heterocycles. The Labute approximate surface area is 127 Å². The molecule has 1 aromatic carbocycles. The molecule has 1 atom stereocenters. The molecule has 118 valence electrons. The van der Waals surface area contributed by atoms with Crippen molar-refractivity contribution in [2.75, 3.05) is 18.1 Å². The highest BCUT2D eigenvalue weighted by molar-refractivity contribution is 5.95. The predicted octanol–water partition coefficient (Wildman–Crippen LogP) is 0.781. The van der Waals surface area contributed by atoms with Crippen LogP contribution in [0.1, 0.15) is 19.8 Å². The number of nitrogens with zero attached hydrogens (tertiary/aromatic N) is 1. The maximum absolute atomic E-state index is 11.7. The number of anilines is 1. The molecule has 0 radical (unpaired) electrons. The minimum Gasteiger partial charge on any atom is -0.484 e. The number of hydrogen-bond donors (Lipinski definition) is 2. The van der Waals surface area contributed by atoms with Gasteiger partial charge in [-0.15, -0.1) is 0 Å². The van der Waals surface area contributed by atoms with Gasteiger partial charge < -0.3 is 20.1 Å². The lowest BCUT2D eigenvalue weighted by molar-refractivity contribution is -0.141. The van der Waals surface area contributed by atoms with Crippen LogP contribution in [0.5, 0.6) is 5.75 Å². The van der Waals surface area contributed by atoms with Gasteiger partial charge in [0, 0.05) is 24.7 Å². The molecular weight excluding hydrogens is 288 g/mol. The Morgan fingerprint density at radius 3 is 2.86 bits per heavy atom. The van der Waals surface area contributed by atoms with Crippen LogP contribution in [0.15, 0.2) is 24.3 Å². The lowest BCUT2D eigenvalue weighted by Gasteiger charge is -2.17. The van der Waals surface area contributed by atoms with Crippen LogP contribution >= 0.6 is 0 Å². The van der Waals surface area contributed by atoms with E-state index < -0.39 is 17.9 Å². The zero-order valence-corrected chi connectivity index (χ0v) is 12.2. The molecule has 0 bridgehead atoms. The van der Waals surface area contributed by atoms with Crippen molar-refractivity contribution in [3.63, 3.8) is 0 Å². The van der Waals surface area contributed by atoms with E-state index in [1.807, 2.05) is 6.07 Å². The van der Waals surface area contributed by atoms with E-state index in [0.29, 0.717) is 18.7 Å². The number of carboxylic acids is 1. The van der Waals surface area contributed by atoms with Gasteiger partial charge in [0.15, 0.2) is 6.61 Å². The van der Waals surface area contributed by atoms with Crippen molar-refractivity contribution < 1.29 is 24.2 Å². The van der Waals surface area contributed by atoms with Gasteiger partial charge in [-0.3, -0.25) is 14.4 Å². The number of hydrogen-bond acceptors (Lipinski definition) is 4. The Kier molecular flexibility index (Phi) is 4.98. The van der Waals surface area contributed by atoms with Crippen molar-refractivity contribution in [3.8, 4) is 5.75 Å². The predicted molar refractivity (Wildman–Crippen MR) is 78.8 cm³/mol. The molecule has 1 aliphatic rings. The van der Waals surface area contributed by atoms with E-state index in [1.165, 1.54) is 6.92 Å². The molecule has 2 amide bonds. The molecule has 7 nitrogen and oxygen atoms in total. The number of nitrogens with one attached hydrogen (secondary N) is 1. The second kappa shape index (κ2) is 6.93. The maximum atomic E-state index is 11.7. The normalized spacial score (nSPS) is 15.5. The zero-order valence-electron chi connectivity index (χ0n) is 12.2. The monoisotopic (exact) mass is 306 g/mol. The highest BCUT2D eigenvalue weighted by atomic mass is 16.5. The van der Waals surface area contributed by atoms with Gasteiger partial charge in [-0.2, -0.15) is 0 Å². The average molecular weight is 306 g/mol. The molecule has 2 N–H and O–H groups in total. The molecule has 2 rings (SSSR count). The number of ether oxygens (including phenoxy) is 1. The van der Waals surface area contributed by atoms with Crippen molar-refractivity contribution in [3.05, 3.63) is 24.3 Å². The molecule has 0 unspecified atom stereocenters. The summed E-state index contributed by atoms with van der Waals surface area (Å²) in [6.07, 6.45) is 1.37. The molecule has 1 saturated heterocycles. The van der Waals surface area contributed by atoms with Gasteiger partial charge in [-0.1, -0.05) is 6.07 Å². The van der Waals surface area contributed by atoms with Crippen LogP contribution in [0.3, 0.4) is 0 Å². The molecule has 0 aromatic heterocycles. The number of benzene rings is 1. The summed E-state index contributed by atoms with van der Waals surface area (Å²) in [4.78, 5) is 35.6. The highest BCUT2D eigenvalue weighted by Gasteiger charge is 2.22. The van der Waals surface area contributed by atoms with Crippen molar-refractivity contribution in [2.45, 2.75) is 25.8 Å². The summed E-state index contributed by atoms with van der Waals surface area (Å²) in [5.41, 5.74) is 0.735. The first-order valence-corrected chi connectivity index (χ1v) is 7.03. The maximum Gasteiger partial charge on any atom is 0.325 e. The second-order valence-electron chi connectivity index (χ2n) is 5.06. The molecule has 0 aliphatic carbocycles. The summed E-state index contributed by atoms with van der Waals surface area (Å²) in [5.74, 6) is -1.10. The summed E-state index contributed by atoms with van der Waals surface area (Å²) in [5, 5.41) is 11.0. The van der Waals surface area contributed by atoms with Crippen molar-refractivity contribution in [1.29, 1.82) is 0 Å². The Balaban J connectivity index is 1.92. The van der Waals surface area contributed by atoms with Crippen molar-refractivity contribution in [2.24, 2.45) is 0 Å². The van der Waals surface area contributed by atoms with Gasteiger partial charge in [0.25, 0.3) is 5.91 Å². The number of carboxylic acid groups (broad SMARTS) is 1. The molecule has 1 fully saturated rings. The third-order valence-electron chi connectivity index (χ3n) is 3.32. The minimum atomic E-state index is -1.11. The fraction of sp³-hybridized carbons (Fsp3) is 0.400. The number of rotatable bonds is 6. The first-order valence-electron chi connectivity index (χ1n) is 7.03. The smallest absolute Gasteiger partial charge is 0.325 e. The summed E-state index contributed by atoms with van der Waals surface area (Å²) < 4.78 is 5.34. The SMILES string of the molecule is C[C@H](NC(=O)COc1cccc(N2CCCC2=O)c1)C(=O)O. The third-order valence-corrected chi connectivity index (χ3v) is 3.32. The van der Waals surface area contributed by atoms with Gasteiger partial charge in [0.05, 0.1) is 0 Å². The van der Waals surface area contributed by atoms with Gasteiger partial charge in [0.1, 0.15) is 11.8 Å². The molecule has 1 heterocycles. The average Bonchev–Trinajstić information content (AvgIpc) is 2.91. The van der Waals surface area contributed by atoms with Crippen LogP contribution in [0.2, 0.25) is 0 Å². The zero-order chi connectivity index (χ0) is 16.1. The first kappa shape index (κ1) is 15.8. The van der Waals surface area contributed by atoms with E-state index in [2.05, 4.69) is 5.32 Å². The molecule has 0 saturated carbocycles. The molecule has 0 spiro atoms. The quantitative estimate of drug-likeness (QED) is 0.809. The summed E-state index contributed by atoms with van der Waals surface area (Å²) >= 11 is 0. The summed E-state index contributed by atoms with van der Waals surface area (Å²) in [6.45, 7) is 1.77. The number of amides is 2. The van der Waals surface area contributed by atoms with Crippen molar-refractivity contribution >= 4 is 23.5 Å². The van der Waals surface area contributed by atoms with E-state index >= 15 is 0 Å². The number of aliphatic carboxylic acids is 1. The molecule has 1 aromatic rings. The van der Waals surface area contributed by atoms with Crippen LogP contribution in [0.4, 0.5) is 5.69 Å². The van der Waals surface area contributed by atoms with Crippen LogP contribution in [-0.4, -0.2) is 42.1 Å². The topological polar surface area (TPSA) is 95.9 Å². The van der Waals surface area contributed by atoms with E-state index in [-0.39, 0.29) is 12.5 Å². The fourth-order valence-corrected chi connectivity index (χ4v) is 2.16. The Bertz CT molecular complexity index is 587. The van der Waals surface area contributed by atoms with Crippen molar-refractivity contribution in [1.82, 2.24) is 5.32 Å². The van der Waals surface area contributed by atoms with Crippen LogP contribution < -0.4 is 15.0 Å². The van der Waals surface area contributed by atoms with Crippen LogP contribution in [0, 0.1) is 0 Å². The van der Waals surface area contributed by atoms with Crippen LogP contribution in [-0.2, 0) is 14.4 Å². The van der Waals surface area contributed by atoms with Gasteiger partial charge >= 0.3 is 5.97 Å². The standard InChI is InChI=1S/C15H18N2O5/c1-10(15(20)21)16-13(18)9-22-12-5-2-4-11(8-12)17-7-3-6-14(17)19/h2,4-5,8,10H,3,6-7,9H2,1H3,(H,16,18)(H,20,21)/t10-/m0/s1. The summed E-state index contributed by atoms with van der Waals surface area (Å²) in [7, 11) is 0. The van der Waals surface area contributed by atoms with Gasteiger partial charge in [0.2, 0.25) is 5.91 Å². The largest absolute Gasteiger partial charge is 0.484 e. The molecule has 22 heavy (non-hydrogen) atoms.